The molecule has 0 rings (SSSR count). The highest BCUT2D eigenvalue weighted by molar-refractivity contribution is 5.73. The average molecular weight is 184 g/mol. The fourth-order valence-electron chi connectivity index (χ4n) is 0.686. The van der Waals surface area contributed by atoms with Gasteiger partial charge in [-0.25, -0.2) is 0 Å². The second kappa shape index (κ2) is 4.30. The minimum atomic E-state index is -4.22. The average Bonchev–Trinajstić information content (AvgIpc) is 1.79. The summed E-state index contributed by atoms with van der Waals surface area (Å²) in [5, 5.41) is 0. The second-order valence-electron chi connectivity index (χ2n) is 2.57. The van der Waals surface area contributed by atoms with E-state index >= 15 is 0 Å². The Labute approximate surface area is 68.3 Å². The van der Waals surface area contributed by atoms with Crippen LogP contribution < -0.4 is 5.73 Å². The van der Waals surface area contributed by atoms with Crippen LogP contribution in [0.5, 0.6) is 0 Å². The van der Waals surface area contributed by atoms with Crippen molar-refractivity contribution in [1.29, 1.82) is 0 Å². The number of primary amides is 1. The summed E-state index contributed by atoms with van der Waals surface area (Å²) < 4.78 is 35.0. The summed E-state index contributed by atoms with van der Waals surface area (Å²) in [6.45, 7) is -0.977. The van der Waals surface area contributed by atoms with Crippen LogP contribution in [0, 0.1) is 0 Å². The van der Waals surface area contributed by atoms with E-state index in [-0.39, 0.29) is 13.0 Å². The maximum absolute atomic E-state index is 11.7. The summed E-state index contributed by atoms with van der Waals surface area (Å²) in [5.74, 6) is -0.593. The van der Waals surface area contributed by atoms with Crippen LogP contribution in [0.25, 0.3) is 0 Å². The van der Waals surface area contributed by atoms with E-state index in [1.807, 2.05) is 0 Å². The summed E-state index contributed by atoms with van der Waals surface area (Å²) in [6.07, 6.45) is -4.26. The molecule has 0 atom stereocenters. The molecule has 0 heterocycles. The highest BCUT2D eigenvalue weighted by atomic mass is 19.4. The first kappa shape index (κ1) is 11.2. The lowest BCUT2D eigenvalue weighted by Gasteiger charge is -2.17. The van der Waals surface area contributed by atoms with Gasteiger partial charge in [0.25, 0.3) is 0 Å². The minimum absolute atomic E-state index is 0.0366. The van der Waals surface area contributed by atoms with E-state index < -0.39 is 18.6 Å². The molecular weight excluding hydrogens is 173 g/mol. The molecule has 6 heteroatoms. The Morgan fingerprint density at radius 3 is 2.33 bits per heavy atom. The Bertz CT molecular complexity index is 157. The third-order valence-electron chi connectivity index (χ3n) is 1.19. The molecule has 0 saturated heterocycles. The SMILES string of the molecule is CN(CCC(N)=O)CC(F)(F)F. The van der Waals surface area contributed by atoms with E-state index in [9.17, 15) is 18.0 Å². The van der Waals surface area contributed by atoms with E-state index in [0.717, 1.165) is 4.90 Å². The van der Waals surface area contributed by atoms with Gasteiger partial charge in [-0.15, -0.1) is 0 Å². The van der Waals surface area contributed by atoms with Gasteiger partial charge < -0.3 is 5.73 Å². The van der Waals surface area contributed by atoms with Crippen LogP contribution in [0.15, 0.2) is 0 Å². The maximum atomic E-state index is 11.7. The third-order valence-corrected chi connectivity index (χ3v) is 1.19. The maximum Gasteiger partial charge on any atom is 0.401 e. The highest BCUT2D eigenvalue weighted by Gasteiger charge is 2.28. The van der Waals surface area contributed by atoms with Gasteiger partial charge in [0.1, 0.15) is 0 Å². The summed E-state index contributed by atoms with van der Waals surface area (Å²) >= 11 is 0. The van der Waals surface area contributed by atoms with Gasteiger partial charge in [0.2, 0.25) is 5.91 Å². The smallest absolute Gasteiger partial charge is 0.370 e. The molecule has 0 aromatic heterocycles. The molecular formula is C6H11F3N2O. The van der Waals surface area contributed by atoms with Crippen LogP contribution >= 0.6 is 0 Å². The lowest BCUT2D eigenvalue weighted by molar-refractivity contribution is -0.144. The van der Waals surface area contributed by atoms with Crippen molar-refractivity contribution in [3.05, 3.63) is 0 Å². The largest absolute Gasteiger partial charge is 0.401 e. The van der Waals surface area contributed by atoms with Crippen LogP contribution in [0.4, 0.5) is 13.2 Å². The molecule has 1 amide bonds. The zero-order valence-corrected chi connectivity index (χ0v) is 6.69. The zero-order valence-electron chi connectivity index (χ0n) is 6.69. The number of nitrogens with two attached hydrogens (primary N) is 1. The number of rotatable bonds is 4. The molecule has 0 spiro atoms. The quantitative estimate of drug-likeness (QED) is 0.685. The predicted molar refractivity (Wildman–Crippen MR) is 37.4 cm³/mol. The van der Waals surface area contributed by atoms with Gasteiger partial charge in [-0.1, -0.05) is 0 Å². The van der Waals surface area contributed by atoms with E-state index in [4.69, 9.17) is 5.73 Å². The lowest BCUT2D eigenvalue weighted by Crippen LogP contribution is -2.33. The molecule has 0 radical (unpaired) electrons. The first-order valence-electron chi connectivity index (χ1n) is 3.35. The first-order chi connectivity index (χ1) is 5.31. The van der Waals surface area contributed by atoms with Gasteiger partial charge in [0.05, 0.1) is 6.54 Å². The van der Waals surface area contributed by atoms with Crippen LogP contribution in [-0.4, -0.2) is 37.1 Å². The molecule has 0 aliphatic heterocycles. The molecule has 0 aliphatic carbocycles. The van der Waals surface area contributed by atoms with Crippen molar-refractivity contribution in [2.75, 3.05) is 20.1 Å². The number of nitrogens with zero attached hydrogens (tertiary/aromatic N) is 1. The van der Waals surface area contributed by atoms with Gasteiger partial charge in [-0.3, -0.25) is 9.69 Å². The van der Waals surface area contributed by atoms with Crippen LogP contribution in [0.1, 0.15) is 6.42 Å². The van der Waals surface area contributed by atoms with Crippen molar-refractivity contribution >= 4 is 5.91 Å². The summed E-state index contributed by atoms with van der Waals surface area (Å²) in [5.41, 5.74) is 4.76. The van der Waals surface area contributed by atoms with E-state index in [0.29, 0.717) is 0 Å². The van der Waals surface area contributed by atoms with E-state index in [1.54, 1.807) is 0 Å². The van der Waals surface area contributed by atoms with Crippen LogP contribution in [-0.2, 0) is 4.79 Å². The molecule has 0 aromatic rings. The van der Waals surface area contributed by atoms with Crippen LogP contribution in [0.2, 0.25) is 0 Å². The first-order valence-corrected chi connectivity index (χ1v) is 3.35. The Morgan fingerprint density at radius 1 is 1.50 bits per heavy atom. The number of amides is 1. The highest BCUT2D eigenvalue weighted by Crippen LogP contribution is 2.15. The van der Waals surface area contributed by atoms with Gasteiger partial charge in [0, 0.05) is 13.0 Å². The Hall–Kier alpha value is -0.780. The zero-order chi connectivity index (χ0) is 9.78. The lowest BCUT2D eigenvalue weighted by atomic mass is 10.4. The Morgan fingerprint density at radius 2 is 2.00 bits per heavy atom. The number of alkyl halides is 3. The molecule has 0 aliphatic rings. The molecule has 0 bridgehead atoms. The van der Waals surface area contributed by atoms with Crippen molar-refractivity contribution < 1.29 is 18.0 Å². The van der Waals surface area contributed by atoms with Crippen molar-refractivity contribution in [3.63, 3.8) is 0 Å². The number of carbonyl (C=O) groups excluding carboxylic acids is 1. The standard InChI is InChI=1S/C6H11F3N2O/c1-11(3-2-5(10)12)4-6(7,8)9/h2-4H2,1H3,(H2,10,12). The van der Waals surface area contributed by atoms with Crippen molar-refractivity contribution in [2.24, 2.45) is 5.73 Å². The fraction of sp³-hybridized carbons (Fsp3) is 0.833. The molecule has 2 N–H and O–H groups in total. The summed E-state index contributed by atoms with van der Waals surface area (Å²) in [7, 11) is 1.29. The second-order valence-corrected chi connectivity index (χ2v) is 2.57. The normalized spacial score (nSPS) is 12.1. The van der Waals surface area contributed by atoms with Crippen molar-refractivity contribution in [3.8, 4) is 0 Å². The summed E-state index contributed by atoms with van der Waals surface area (Å²) in [4.78, 5) is 11.2. The molecule has 0 saturated carbocycles. The fourth-order valence-corrected chi connectivity index (χ4v) is 0.686. The van der Waals surface area contributed by atoms with E-state index in [2.05, 4.69) is 0 Å². The van der Waals surface area contributed by atoms with Gasteiger partial charge >= 0.3 is 6.18 Å². The number of halogens is 3. The molecule has 0 aromatic carbocycles. The number of hydrogen-bond donors (Lipinski definition) is 1. The Kier molecular flexibility index (Phi) is 4.02. The molecule has 0 fully saturated rings. The monoisotopic (exact) mass is 184 g/mol. The van der Waals surface area contributed by atoms with E-state index in [1.165, 1.54) is 7.05 Å². The Balaban J connectivity index is 3.60. The molecule has 72 valence electrons. The van der Waals surface area contributed by atoms with Crippen molar-refractivity contribution in [2.45, 2.75) is 12.6 Å². The third kappa shape index (κ3) is 7.33. The predicted octanol–water partition coefficient (Wildman–Crippen LogP) is 0.356. The summed E-state index contributed by atoms with van der Waals surface area (Å²) in [6, 6.07) is 0. The number of hydrogen-bond acceptors (Lipinski definition) is 2. The van der Waals surface area contributed by atoms with Gasteiger partial charge in [0.15, 0.2) is 0 Å². The van der Waals surface area contributed by atoms with Gasteiger partial charge in [-0.05, 0) is 7.05 Å². The molecule has 12 heavy (non-hydrogen) atoms. The topological polar surface area (TPSA) is 46.3 Å². The molecule has 0 unspecified atom stereocenters. The van der Waals surface area contributed by atoms with Crippen molar-refractivity contribution in [1.82, 2.24) is 4.90 Å². The minimum Gasteiger partial charge on any atom is -0.370 e. The molecule has 3 nitrogen and oxygen atoms in total. The number of carbonyl (C=O) groups is 1. The van der Waals surface area contributed by atoms with Crippen LogP contribution in [0.3, 0.4) is 0 Å². The van der Waals surface area contributed by atoms with Gasteiger partial charge in [-0.2, -0.15) is 13.2 Å².